The largest absolute Gasteiger partial charge is 0.497 e. The van der Waals surface area contributed by atoms with Gasteiger partial charge in [0.05, 0.1) is 13.5 Å². The van der Waals surface area contributed by atoms with E-state index >= 15 is 0 Å². The average molecular weight is 317 g/mol. The highest BCUT2D eigenvalue weighted by Gasteiger charge is 2.09. The van der Waals surface area contributed by atoms with Crippen molar-refractivity contribution in [3.63, 3.8) is 0 Å². The number of hydrogen-bond donors (Lipinski definition) is 1. The molecule has 24 heavy (non-hydrogen) atoms. The van der Waals surface area contributed by atoms with Gasteiger partial charge in [-0.05, 0) is 29.3 Å². The predicted octanol–water partition coefficient (Wildman–Crippen LogP) is 4.54. The number of rotatable bonds is 5. The molecule has 0 unspecified atom stereocenters. The Morgan fingerprint density at radius 2 is 1.67 bits per heavy atom. The van der Waals surface area contributed by atoms with E-state index in [0.717, 1.165) is 28.1 Å². The Bertz CT molecular complexity index is 828. The third-order valence-corrected chi connectivity index (χ3v) is 3.78. The van der Waals surface area contributed by atoms with E-state index in [1.54, 1.807) is 7.11 Å². The van der Waals surface area contributed by atoms with Gasteiger partial charge < -0.3 is 10.1 Å². The van der Waals surface area contributed by atoms with Gasteiger partial charge in [-0.1, -0.05) is 60.7 Å². The molecule has 0 radical (unpaired) electrons. The maximum absolute atomic E-state index is 12.4. The van der Waals surface area contributed by atoms with Gasteiger partial charge in [0, 0.05) is 11.3 Å². The number of anilines is 1. The Hall–Kier alpha value is -3.07. The molecule has 3 aromatic carbocycles. The second-order valence-corrected chi connectivity index (χ2v) is 5.49. The lowest BCUT2D eigenvalue weighted by Gasteiger charge is -2.11. The molecular formula is C21H19NO2. The number of para-hydroxylation sites is 1. The summed E-state index contributed by atoms with van der Waals surface area (Å²) in [5, 5.41) is 3.02. The summed E-state index contributed by atoms with van der Waals surface area (Å²) in [6.07, 6.45) is 0.306. The molecule has 0 fully saturated rings. The molecular weight excluding hydrogens is 298 g/mol. The minimum atomic E-state index is -0.0494. The molecule has 3 aromatic rings. The van der Waals surface area contributed by atoms with Crippen LogP contribution in [0.3, 0.4) is 0 Å². The van der Waals surface area contributed by atoms with E-state index in [9.17, 15) is 4.79 Å². The third kappa shape index (κ3) is 3.82. The van der Waals surface area contributed by atoms with Crippen molar-refractivity contribution in [2.75, 3.05) is 12.4 Å². The van der Waals surface area contributed by atoms with Crippen molar-refractivity contribution in [1.82, 2.24) is 0 Å². The Morgan fingerprint density at radius 1 is 0.917 bits per heavy atom. The van der Waals surface area contributed by atoms with Gasteiger partial charge in [0.1, 0.15) is 5.75 Å². The van der Waals surface area contributed by atoms with Crippen LogP contribution >= 0.6 is 0 Å². The lowest BCUT2D eigenvalue weighted by Crippen LogP contribution is -2.15. The Balaban J connectivity index is 1.77. The van der Waals surface area contributed by atoms with Crippen molar-refractivity contribution in [2.24, 2.45) is 0 Å². The van der Waals surface area contributed by atoms with Gasteiger partial charge in [-0.25, -0.2) is 0 Å². The van der Waals surface area contributed by atoms with Crippen LogP contribution < -0.4 is 10.1 Å². The highest BCUT2D eigenvalue weighted by molar-refractivity contribution is 5.96. The van der Waals surface area contributed by atoms with Crippen LogP contribution in [0.15, 0.2) is 78.9 Å². The van der Waals surface area contributed by atoms with Crippen molar-refractivity contribution in [3.8, 4) is 16.9 Å². The van der Waals surface area contributed by atoms with Crippen LogP contribution in [0.5, 0.6) is 5.75 Å². The van der Waals surface area contributed by atoms with Crippen molar-refractivity contribution in [1.29, 1.82) is 0 Å². The van der Waals surface area contributed by atoms with E-state index in [0.29, 0.717) is 6.42 Å². The van der Waals surface area contributed by atoms with Crippen LogP contribution in [0.1, 0.15) is 5.56 Å². The first-order valence-corrected chi connectivity index (χ1v) is 7.83. The van der Waals surface area contributed by atoms with Gasteiger partial charge in [-0.2, -0.15) is 0 Å². The Labute approximate surface area is 141 Å². The second kappa shape index (κ2) is 7.47. The summed E-state index contributed by atoms with van der Waals surface area (Å²) in [5.41, 5.74) is 3.83. The summed E-state index contributed by atoms with van der Waals surface area (Å²) in [6, 6.07) is 25.4. The zero-order valence-corrected chi connectivity index (χ0v) is 13.5. The normalized spacial score (nSPS) is 10.2. The minimum Gasteiger partial charge on any atom is -0.497 e. The van der Waals surface area contributed by atoms with E-state index < -0.39 is 0 Å². The van der Waals surface area contributed by atoms with Crippen LogP contribution in [-0.2, 0) is 11.2 Å². The SMILES string of the molecule is COc1cccc(CC(=O)Nc2ccccc2-c2ccccc2)c1. The fourth-order valence-corrected chi connectivity index (χ4v) is 2.62. The van der Waals surface area contributed by atoms with E-state index in [1.165, 1.54) is 0 Å². The number of ether oxygens (including phenoxy) is 1. The molecule has 3 nitrogen and oxygen atoms in total. The number of hydrogen-bond acceptors (Lipinski definition) is 2. The van der Waals surface area contributed by atoms with Gasteiger partial charge in [0.15, 0.2) is 0 Å². The quantitative estimate of drug-likeness (QED) is 0.750. The zero-order chi connectivity index (χ0) is 16.8. The number of carbonyl (C=O) groups is 1. The summed E-state index contributed by atoms with van der Waals surface area (Å²) in [5.74, 6) is 0.705. The minimum absolute atomic E-state index is 0.0494. The van der Waals surface area contributed by atoms with Gasteiger partial charge >= 0.3 is 0 Å². The number of carbonyl (C=O) groups excluding carboxylic acids is 1. The van der Waals surface area contributed by atoms with E-state index in [2.05, 4.69) is 5.32 Å². The van der Waals surface area contributed by atoms with E-state index in [1.807, 2.05) is 78.9 Å². The molecule has 0 aliphatic heterocycles. The molecule has 0 aromatic heterocycles. The highest BCUT2D eigenvalue weighted by Crippen LogP contribution is 2.27. The highest BCUT2D eigenvalue weighted by atomic mass is 16.5. The monoisotopic (exact) mass is 317 g/mol. The first-order chi connectivity index (χ1) is 11.8. The third-order valence-electron chi connectivity index (χ3n) is 3.78. The van der Waals surface area contributed by atoms with Gasteiger partial charge in [0.25, 0.3) is 0 Å². The van der Waals surface area contributed by atoms with Crippen LogP contribution in [0.25, 0.3) is 11.1 Å². The molecule has 120 valence electrons. The molecule has 0 saturated carbocycles. The smallest absolute Gasteiger partial charge is 0.228 e. The Morgan fingerprint density at radius 3 is 2.46 bits per heavy atom. The molecule has 3 heteroatoms. The lowest BCUT2D eigenvalue weighted by molar-refractivity contribution is -0.115. The number of benzene rings is 3. The number of nitrogens with one attached hydrogen (secondary N) is 1. The van der Waals surface area contributed by atoms with E-state index in [-0.39, 0.29) is 5.91 Å². The predicted molar refractivity (Wildman–Crippen MR) is 97.2 cm³/mol. The fraction of sp³-hybridized carbons (Fsp3) is 0.0952. The molecule has 1 amide bonds. The zero-order valence-electron chi connectivity index (χ0n) is 13.5. The molecule has 3 rings (SSSR count). The standard InChI is InChI=1S/C21H19NO2/c1-24-18-11-7-8-16(14-18)15-21(23)22-20-13-6-5-12-19(20)17-9-3-2-4-10-17/h2-14H,15H2,1H3,(H,22,23). The maximum Gasteiger partial charge on any atom is 0.228 e. The van der Waals surface area contributed by atoms with Crippen LogP contribution in [0.4, 0.5) is 5.69 Å². The van der Waals surface area contributed by atoms with E-state index in [4.69, 9.17) is 4.74 Å². The summed E-state index contributed by atoms with van der Waals surface area (Å²) < 4.78 is 5.20. The topological polar surface area (TPSA) is 38.3 Å². The average Bonchev–Trinajstić information content (AvgIpc) is 2.63. The summed E-state index contributed by atoms with van der Waals surface area (Å²) >= 11 is 0. The number of methoxy groups -OCH3 is 1. The van der Waals surface area contributed by atoms with Gasteiger partial charge in [-0.15, -0.1) is 0 Å². The van der Waals surface area contributed by atoms with Crippen molar-refractivity contribution in [3.05, 3.63) is 84.4 Å². The van der Waals surface area contributed by atoms with Crippen molar-refractivity contribution >= 4 is 11.6 Å². The van der Waals surface area contributed by atoms with Crippen LogP contribution in [0, 0.1) is 0 Å². The molecule has 0 heterocycles. The summed E-state index contributed by atoms with van der Waals surface area (Å²) in [6.45, 7) is 0. The fourth-order valence-electron chi connectivity index (χ4n) is 2.62. The lowest BCUT2D eigenvalue weighted by atomic mass is 10.0. The first-order valence-electron chi connectivity index (χ1n) is 7.83. The van der Waals surface area contributed by atoms with Crippen LogP contribution in [-0.4, -0.2) is 13.0 Å². The molecule has 1 N–H and O–H groups in total. The van der Waals surface area contributed by atoms with Crippen LogP contribution in [0.2, 0.25) is 0 Å². The molecule has 0 aliphatic carbocycles. The Kier molecular flexibility index (Phi) is 4.92. The molecule has 0 bridgehead atoms. The van der Waals surface area contributed by atoms with Gasteiger partial charge in [-0.3, -0.25) is 4.79 Å². The molecule has 0 atom stereocenters. The molecule has 0 aliphatic rings. The molecule has 0 saturated heterocycles. The number of amides is 1. The maximum atomic E-state index is 12.4. The second-order valence-electron chi connectivity index (χ2n) is 5.49. The summed E-state index contributed by atoms with van der Waals surface area (Å²) in [7, 11) is 1.62. The first kappa shape index (κ1) is 15.8. The van der Waals surface area contributed by atoms with Gasteiger partial charge in [0.2, 0.25) is 5.91 Å². The molecule has 0 spiro atoms. The van der Waals surface area contributed by atoms with Crippen molar-refractivity contribution < 1.29 is 9.53 Å². The summed E-state index contributed by atoms with van der Waals surface area (Å²) in [4.78, 5) is 12.4. The van der Waals surface area contributed by atoms with Crippen molar-refractivity contribution in [2.45, 2.75) is 6.42 Å².